The number of morpholine rings is 1. The lowest BCUT2D eigenvalue weighted by molar-refractivity contribution is -0.0605. The SMILES string of the molecule is CN=C(NCc1ccc(OC)c(OC)c1)N1CC(C)OC(c2ccc(F)cc2)C1.I. The predicted octanol–water partition coefficient (Wildman–Crippen LogP) is 4.00. The number of methoxy groups -OCH3 is 2. The van der Waals surface area contributed by atoms with E-state index in [2.05, 4.69) is 15.2 Å². The molecule has 164 valence electrons. The van der Waals surface area contributed by atoms with Crippen molar-refractivity contribution in [1.29, 1.82) is 0 Å². The van der Waals surface area contributed by atoms with Gasteiger partial charge in [0.25, 0.3) is 0 Å². The molecule has 1 aliphatic heterocycles. The summed E-state index contributed by atoms with van der Waals surface area (Å²) < 4.78 is 30.0. The van der Waals surface area contributed by atoms with Crippen molar-refractivity contribution in [2.24, 2.45) is 4.99 Å². The van der Waals surface area contributed by atoms with Gasteiger partial charge in [-0.25, -0.2) is 4.39 Å². The van der Waals surface area contributed by atoms with E-state index in [0.717, 1.165) is 23.6 Å². The average molecular weight is 529 g/mol. The van der Waals surface area contributed by atoms with Crippen molar-refractivity contribution in [2.45, 2.75) is 25.7 Å². The third-order valence-electron chi connectivity index (χ3n) is 4.91. The molecule has 1 saturated heterocycles. The fourth-order valence-electron chi connectivity index (χ4n) is 3.49. The summed E-state index contributed by atoms with van der Waals surface area (Å²) in [5.74, 6) is 1.94. The fraction of sp³-hybridized carbons (Fsp3) is 0.409. The number of benzene rings is 2. The normalized spacial score (nSPS) is 19.1. The van der Waals surface area contributed by atoms with E-state index in [-0.39, 0.29) is 42.0 Å². The van der Waals surface area contributed by atoms with Crippen LogP contribution in [0.3, 0.4) is 0 Å². The van der Waals surface area contributed by atoms with E-state index >= 15 is 0 Å². The first-order valence-corrected chi connectivity index (χ1v) is 9.61. The molecule has 0 radical (unpaired) electrons. The van der Waals surface area contributed by atoms with Crippen molar-refractivity contribution in [1.82, 2.24) is 10.2 Å². The average Bonchev–Trinajstić information content (AvgIpc) is 2.74. The van der Waals surface area contributed by atoms with Crippen LogP contribution in [0.4, 0.5) is 4.39 Å². The second-order valence-electron chi connectivity index (χ2n) is 6.98. The Morgan fingerprint density at radius 1 is 1.13 bits per heavy atom. The molecule has 2 atom stereocenters. The third-order valence-corrected chi connectivity index (χ3v) is 4.91. The van der Waals surface area contributed by atoms with Crippen LogP contribution >= 0.6 is 24.0 Å². The van der Waals surface area contributed by atoms with Gasteiger partial charge < -0.3 is 24.4 Å². The Morgan fingerprint density at radius 3 is 2.47 bits per heavy atom. The maximum Gasteiger partial charge on any atom is 0.194 e. The number of nitrogens with one attached hydrogen (secondary N) is 1. The van der Waals surface area contributed by atoms with Gasteiger partial charge in [0.05, 0.1) is 26.9 Å². The molecule has 0 aromatic heterocycles. The smallest absolute Gasteiger partial charge is 0.194 e. The number of ether oxygens (including phenoxy) is 3. The van der Waals surface area contributed by atoms with Gasteiger partial charge in [-0.2, -0.15) is 0 Å². The summed E-state index contributed by atoms with van der Waals surface area (Å²) in [4.78, 5) is 6.61. The minimum absolute atomic E-state index is 0. The quantitative estimate of drug-likeness (QED) is 0.361. The van der Waals surface area contributed by atoms with Crippen molar-refractivity contribution < 1.29 is 18.6 Å². The van der Waals surface area contributed by atoms with E-state index in [1.807, 2.05) is 25.1 Å². The van der Waals surface area contributed by atoms with Crippen molar-refractivity contribution in [2.75, 3.05) is 34.4 Å². The molecule has 1 aliphatic rings. The minimum atomic E-state index is -0.248. The molecule has 0 spiro atoms. The molecule has 1 fully saturated rings. The van der Waals surface area contributed by atoms with Gasteiger partial charge >= 0.3 is 0 Å². The Morgan fingerprint density at radius 2 is 1.83 bits per heavy atom. The van der Waals surface area contributed by atoms with Crippen LogP contribution in [0.5, 0.6) is 11.5 Å². The van der Waals surface area contributed by atoms with Crippen LogP contribution in [0.15, 0.2) is 47.5 Å². The van der Waals surface area contributed by atoms with Crippen molar-refractivity contribution in [3.63, 3.8) is 0 Å². The molecule has 8 heteroatoms. The highest BCUT2D eigenvalue weighted by molar-refractivity contribution is 14.0. The summed E-state index contributed by atoms with van der Waals surface area (Å²) in [5, 5.41) is 3.41. The lowest BCUT2D eigenvalue weighted by Gasteiger charge is -2.38. The molecular weight excluding hydrogens is 500 g/mol. The van der Waals surface area contributed by atoms with Gasteiger partial charge in [-0.3, -0.25) is 4.99 Å². The number of halogens is 2. The van der Waals surface area contributed by atoms with Gasteiger partial charge in [-0.1, -0.05) is 18.2 Å². The predicted molar refractivity (Wildman–Crippen MR) is 126 cm³/mol. The molecule has 2 aromatic rings. The summed E-state index contributed by atoms with van der Waals surface area (Å²) in [6.07, 6.45) is -0.114. The van der Waals surface area contributed by atoms with E-state index in [9.17, 15) is 4.39 Å². The lowest BCUT2D eigenvalue weighted by atomic mass is 10.1. The zero-order chi connectivity index (χ0) is 20.8. The van der Waals surface area contributed by atoms with Crippen molar-refractivity contribution in [3.8, 4) is 11.5 Å². The zero-order valence-electron chi connectivity index (χ0n) is 17.7. The van der Waals surface area contributed by atoms with Gasteiger partial charge in [-0.15, -0.1) is 24.0 Å². The van der Waals surface area contributed by atoms with E-state index < -0.39 is 0 Å². The molecular formula is C22H29FIN3O3. The molecule has 6 nitrogen and oxygen atoms in total. The van der Waals surface area contributed by atoms with Crippen LogP contribution in [0.2, 0.25) is 0 Å². The standard InChI is InChI=1S/C22H28FN3O3.HI/c1-15-13-26(14-21(29-15)17-6-8-18(23)9-7-17)22(24-2)25-12-16-5-10-19(27-3)20(11-16)28-4;/h5-11,15,21H,12-14H2,1-4H3,(H,24,25);1H. The van der Waals surface area contributed by atoms with Gasteiger partial charge in [0, 0.05) is 20.1 Å². The number of guanidine groups is 1. The van der Waals surface area contributed by atoms with E-state index in [0.29, 0.717) is 24.6 Å². The van der Waals surface area contributed by atoms with Crippen LogP contribution in [-0.2, 0) is 11.3 Å². The highest BCUT2D eigenvalue weighted by atomic mass is 127. The fourth-order valence-corrected chi connectivity index (χ4v) is 3.49. The maximum absolute atomic E-state index is 13.3. The number of nitrogens with zero attached hydrogens (tertiary/aromatic N) is 2. The number of aliphatic imine (C=N–C) groups is 1. The molecule has 30 heavy (non-hydrogen) atoms. The summed E-state index contributed by atoms with van der Waals surface area (Å²) in [7, 11) is 5.01. The van der Waals surface area contributed by atoms with Crippen LogP contribution < -0.4 is 14.8 Å². The first kappa shape index (κ1) is 24.2. The molecule has 0 aliphatic carbocycles. The van der Waals surface area contributed by atoms with Crippen LogP contribution in [0.1, 0.15) is 24.2 Å². The van der Waals surface area contributed by atoms with Gasteiger partial charge in [0.1, 0.15) is 11.9 Å². The number of rotatable bonds is 5. The molecule has 2 aromatic carbocycles. The Kier molecular flexibility index (Phi) is 9.16. The van der Waals surface area contributed by atoms with Crippen LogP contribution in [0.25, 0.3) is 0 Å². The third kappa shape index (κ3) is 5.98. The molecule has 3 rings (SSSR count). The summed E-state index contributed by atoms with van der Waals surface area (Å²) >= 11 is 0. The number of hydrogen-bond acceptors (Lipinski definition) is 4. The monoisotopic (exact) mass is 529 g/mol. The Bertz CT molecular complexity index is 848. The van der Waals surface area contributed by atoms with Crippen LogP contribution in [-0.4, -0.2) is 51.3 Å². The second kappa shape index (κ2) is 11.4. The molecule has 0 bridgehead atoms. The summed E-state index contributed by atoms with van der Waals surface area (Å²) in [6, 6.07) is 12.3. The highest BCUT2D eigenvalue weighted by Crippen LogP contribution is 2.28. The van der Waals surface area contributed by atoms with Gasteiger partial charge in [0.15, 0.2) is 17.5 Å². The van der Waals surface area contributed by atoms with Crippen LogP contribution in [0, 0.1) is 5.82 Å². The molecule has 0 amide bonds. The summed E-state index contributed by atoms with van der Waals surface area (Å²) in [5.41, 5.74) is 2.01. The molecule has 0 saturated carbocycles. The minimum Gasteiger partial charge on any atom is -0.493 e. The topological polar surface area (TPSA) is 55.3 Å². The Hall–Kier alpha value is -2.07. The Labute approximate surface area is 194 Å². The first-order valence-electron chi connectivity index (χ1n) is 9.61. The molecule has 1 N–H and O–H groups in total. The van der Waals surface area contributed by atoms with E-state index in [1.54, 1.807) is 33.4 Å². The van der Waals surface area contributed by atoms with Crippen molar-refractivity contribution >= 4 is 29.9 Å². The summed E-state index contributed by atoms with van der Waals surface area (Å²) in [6.45, 7) is 4.00. The zero-order valence-corrected chi connectivity index (χ0v) is 20.1. The Balaban J connectivity index is 0.00000320. The van der Waals surface area contributed by atoms with E-state index in [1.165, 1.54) is 12.1 Å². The van der Waals surface area contributed by atoms with E-state index in [4.69, 9.17) is 14.2 Å². The van der Waals surface area contributed by atoms with Gasteiger partial charge in [0.2, 0.25) is 0 Å². The van der Waals surface area contributed by atoms with Gasteiger partial charge in [-0.05, 0) is 42.3 Å². The first-order chi connectivity index (χ1) is 14.0. The molecule has 2 unspecified atom stereocenters. The number of hydrogen-bond donors (Lipinski definition) is 1. The maximum atomic E-state index is 13.3. The second-order valence-corrected chi connectivity index (χ2v) is 6.98. The van der Waals surface area contributed by atoms with Crippen molar-refractivity contribution in [3.05, 3.63) is 59.4 Å². The lowest BCUT2D eigenvalue weighted by Crippen LogP contribution is -2.50. The highest BCUT2D eigenvalue weighted by Gasteiger charge is 2.28. The largest absolute Gasteiger partial charge is 0.493 e. The molecule has 1 heterocycles.